The average Bonchev–Trinajstić information content (AvgIpc) is 2.66. The molecule has 0 radical (unpaired) electrons. The highest BCUT2D eigenvalue weighted by molar-refractivity contribution is 7.89. The number of carboxylic acids is 1. The van der Waals surface area contributed by atoms with Gasteiger partial charge in [-0.15, -0.1) is 0 Å². The van der Waals surface area contributed by atoms with Gasteiger partial charge in [0.2, 0.25) is 10.0 Å². The summed E-state index contributed by atoms with van der Waals surface area (Å²) < 4.78 is 33.6. The van der Waals surface area contributed by atoms with Crippen molar-refractivity contribution in [1.29, 1.82) is 0 Å². The topological polar surface area (TPSA) is 105 Å². The lowest BCUT2D eigenvalue weighted by Crippen LogP contribution is -2.25. The first kappa shape index (κ1) is 21.9. The summed E-state index contributed by atoms with van der Waals surface area (Å²) in [6.45, 7) is 5.05. The van der Waals surface area contributed by atoms with E-state index in [-0.39, 0.29) is 23.1 Å². The van der Waals surface area contributed by atoms with Crippen molar-refractivity contribution in [2.45, 2.75) is 37.8 Å². The lowest BCUT2D eigenvalue weighted by molar-refractivity contribution is 0.0696. The molecule has 0 aromatic heterocycles. The van der Waals surface area contributed by atoms with Gasteiger partial charge in [-0.2, -0.15) is 0 Å². The Morgan fingerprint density at radius 2 is 1.86 bits per heavy atom. The summed E-state index contributed by atoms with van der Waals surface area (Å²) in [5.41, 5.74) is 1.07. The Morgan fingerprint density at radius 3 is 2.50 bits per heavy atom. The summed E-state index contributed by atoms with van der Waals surface area (Å²) in [4.78, 5) is 11.2. The largest absolute Gasteiger partial charge is 0.478 e. The summed E-state index contributed by atoms with van der Waals surface area (Å²) in [6, 6.07) is 13.1. The number of carbonyl (C=O) groups is 1. The molecule has 0 aliphatic heterocycles. The van der Waals surface area contributed by atoms with Gasteiger partial charge in [0.15, 0.2) is 0 Å². The second-order valence-corrected chi connectivity index (χ2v) is 8.26. The van der Waals surface area contributed by atoms with Gasteiger partial charge in [-0.1, -0.05) is 30.3 Å². The number of hydrogen-bond acceptors (Lipinski definition) is 5. The van der Waals surface area contributed by atoms with Crippen molar-refractivity contribution in [3.8, 4) is 0 Å². The standard InChI is InChI=1S/C20H26N2O5S/c1-15(2)27-12-6-11-21-18-10-9-17(20(23)24)13-19(18)28(25,26)22-14-16-7-4-3-5-8-16/h3-5,7-10,13,15,21-22H,6,11-12,14H2,1-2H3,(H,23,24). The molecule has 0 aliphatic rings. The molecule has 0 aliphatic carbocycles. The first-order chi connectivity index (χ1) is 13.3. The molecule has 7 nitrogen and oxygen atoms in total. The van der Waals surface area contributed by atoms with E-state index in [1.165, 1.54) is 18.2 Å². The molecule has 152 valence electrons. The van der Waals surface area contributed by atoms with E-state index in [1.54, 1.807) is 0 Å². The molecule has 0 spiro atoms. The minimum Gasteiger partial charge on any atom is -0.478 e. The normalized spacial score (nSPS) is 11.5. The SMILES string of the molecule is CC(C)OCCCNc1ccc(C(=O)O)cc1S(=O)(=O)NCc1ccccc1. The maximum absolute atomic E-state index is 12.8. The molecule has 0 heterocycles. The van der Waals surface area contributed by atoms with Gasteiger partial charge in [0.1, 0.15) is 4.90 Å². The van der Waals surface area contributed by atoms with E-state index in [0.29, 0.717) is 25.3 Å². The van der Waals surface area contributed by atoms with Crippen LogP contribution in [-0.2, 0) is 21.3 Å². The van der Waals surface area contributed by atoms with E-state index in [1.807, 2.05) is 44.2 Å². The molecule has 0 atom stereocenters. The Labute approximate surface area is 165 Å². The Hall–Kier alpha value is -2.42. The Balaban J connectivity index is 2.16. The van der Waals surface area contributed by atoms with E-state index >= 15 is 0 Å². The van der Waals surface area contributed by atoms with Crippen molar-refractivity contribution in [3.05, 3.63) is 59.7 Å². The smallest absolute Gasteiger partial charge is 0.335 e. The Bertz CT molecular complexity index is 883. The number of aromatic carboxylic acids is 1. The summed E-state index contributed by atoms with van der Waals surface area (Å²) in [5, 5.41) is 12.3. The van der Waals surface area contributed by atoms with Gasteiger partial charge in [-0.25, -0.2) is 17.9 Å². The first-order valence-electron chi connectivity index (χ1n) is 9.06. The van der Waals surface area contributed by atoms with Crippen molar-refractivity contribution >= 4 is 21.7 Å². The van der Waals surface area contributed by atoms with Crippen molar-refractivity contribution in [2.75, 3.05) is 18.5 Å². The number of ether oxygens (including phenoxy) is 1. The van der Waals surface area contributed by atoms with Crippen LogP contribution in [0.25, 0.3) is 0 Å². The molecule has 0 amide bonds. The highest BCUT2D eigenvalue weighted by Gasteiger charge is 2.20. The van der Waals surface area contributed by atoms with Crippen LogP contribution in [0.3, 0.4) is 0 Å². The summed E-state index contributed by atoms with van der Waals surface area (Å²) in [7, 11) is -3.91. The van der Waals surface area contributed by atoms with Crippen molar-refractivity contribution in [1.82, 2.24) is 4.72 Å². The molecule has 2 aromatic carbocycles. The van der Waals surface area contributed by atoms with Gasteiger partial charge in [-0.3, -0.25) is 0 Å². The second-order valence-electron chi connectivity index (χ2n) is 6.53. The van der Waals surface area contributed by atoms with Gasteiger partial charge >= 0.3 is 5.97 Å². The van der Waals surface area contributed by atoms with E-state index in [9.17, 15) is 18.3 Å². The zero-order valence-corrected chi connectivity index (χ0v) is 16.8. The maximum Gasteiger partial charge on any atom is 0.335 e. The fraction of sp³-hybridized carbons (Fsp3) is 0.350. The van der Waals surface area contributed by atoms with Crippen LogP contribution in [0.1, 0.15) is 36.2 Å². The fourth-order valence-electron chi connectivity index (χ4n) is 2.49. The van der Waals surface area contributed by atoms with Gasteiger partial charge in [0.25, 0.3) is 0 Å². The maximum atomic E-state index is 12.8. The Kier molecular flexibility index (Phi) is 7.98. The van der Waals surface area contributed by atoms with Crippen LogP contribution < -0.4 is 10.0 Å². The number of rotatable bonds is 11. The van der Waals surface area contributed by atoms with Crippen LogP contribution in [0.15, 0.2) is 53.4 Å². The first-order valence-corrected chi connectivity index (χ1v) is 10.5. The van der Waals surface area contributed by atoms with E-state index in [0.717, 1.165) is 5.56 Å². The van der Waals surface area contributed by atoms with Crippen LogP contribution >= 0.6 is 0 Å². The highest BCUT2D eigenvalue weighted by Crippen LogP contribution is 2.23. The molecule has 0 fully saturated rings. The van der Waals surface area contributed by atoms with Crippen LogP contribution in [0, 0.1) is 0 Å². The van der Waals surface area contributed by atoms with Crippen LogP contribution in [0.4, 0.5) is 5.69 Å². The Morgan fingerprint density at radius 1 is 1.14 bits per heavy atom. The molecule has 2 rings (SSSR count). The van der Waals surface area contributed by atoms with Crippen LogP contribution in [0.5, 0.6) is 0 Å². The zero-order chi connectivity index (χ0) is 20.6. The highest BCUT2D eigenvalue weighted by atomic mass is 32.2. The molecular weight excluding hydrogens is 380 g/mol. The number of anilines is 1. The minimum atomic E-state index is -3.91. The number of sulfonamides is 1. The average molecular weight is 407 g/mol. The van der Waals surface area contributed by atoms with E-state index < -0.39 is 16.0 Å². The number of carboxylic acid groups (broad SMARTS) is 1. The van der Waals surface area contributed by atoms with E-state index in [2.05, 4.69) is 10.0 Å². The number of hydrogen-bond donors (Lipinski definition) is 3. The molecule has 2 aromatic rings. The fourth-order valence-corrected chi connectivity index (χ4v) is 3.71. The third-order valence-electron chi connectivity index (χ3n) is 3.91. The van der Waals surface area contributed by atoms with Crippen molar-refractivity contribution in [3.63, 3.8) is 0 Å². The molecule has 3 N–H and O–H groups in total. The van der Waals surface area contributed by atoms with Crippen LogP contribution in [-0.4, -0.2) is 38.7 Å². The third kappa shape index (κ3) is 6.63. The van der Waals surface area contributed by atoms with Gasteiger partial charge in [-0.05, 0) is 44.0 Å². The lowest BCUT2D eigenvalue weighted by Gasteiger charge is -2.15. The molecule has 0 saturated carbocycles. The molecule has 28 heavy (non-hydrogen) atoms. The lowest BCUT2D eigenvalue weighted by atomic mass is 10.2. The summed E-state index contributed by atoms with van der Waals surface area (Å²) in [5.74, 6) is -1.18. The molecular formula is C20H26N2O5S. The summed E-state index contributed by atoms with van der Waals surface area (Å²) >= 11 is 0. The molecule has 8 heteroatoms. The monoisotopic (exact) mass is 406 g/mol. The van der Waals surface area contributed by atoms with Crippen molar-refractivity contribution in [2.24, 2.45) is 0 Å². The second kappa shape index (κ2) is 10.2. The summed E-state index contributed by atoms with van der Waals surface area (Å²) in [6.07, 6.45) is 0.823. The van der Waals surface area contributed by atoms with Crippen LogP contribution in [0.2, 0.25) is 0 Å². The van der Waals surface area contributed by atoms with Gasteiger partial charge in [0, 0.05) is 19.7 Å². The minimum absolute atomic E-state index is 0.0891. The number of benzene rings is 2. The molecule has 0 unspecified atom stereocenters. The van der Waals surface area contributed by atoms with E-state index in [4.69, 9.17) is 4.74 Å². The predicted molar refractivity (Wildman–Crippen MR) is 108 cm³/mol. The molecule has 0 bridgehead atoms. The quantitative estimate of drug-likeness (QED) is 0.495. The van der Waals surface area contributed by atoms with Gasteiger partial charge < -0.3 is 15.2 Å². The van der Waals surface area contributed by atoms with Crippen molar-refractivity contribution < 1.29 is 23.1 Å². The van der Waals surface area contributed by atoms with Gasteiger partial charge in [0.05, 0.1) is 17.4 Å². The predicted octanol–water partition coefficient (Wildman–Crippen LogP) is 3.09. The third-order valence-corrected chi connectivity index (χ3v) is 5.36. The zero-order valence-electron chi connectivity index (χ0n) is 16.0. The molecule has 0 saturated heterocycles. The number of nitrogens with one attached hydrogen (secondary N) is 2.